The van der Waals surface area contributed by atoms with Crippen molar-refractivity contribution in [2.24, 2.45) is 0 Å². The minimum Gasteiger partial charge on any atom is -0.308 e. The number of hydrogen-bond donors (Lipinski definition) is 1. The molecule has 1 amide bonds. The van der Waals surface area contributed by atoms with E-state index >= 15 is 0 Å². The molecule has 2 aromatic carbocycles. The predicted octanol–water partition coefficient (Wildman–Crippen LogP) is 3.54. The van der Waals surface area contributed by atoms with E-state index in [-0.39, 0.29) is 11.9 Å². The first-order valence-electron chi connectivity index (χ1n) is 8.23. The molecule has 0 saturated heterocycles. The number of para-hydroxylation sites is 1. The highest BCUT2D eigenvalue weighted by Gasteiger charge is 2.30. The van der Waals surface area contributed by atoms with E-state index in [0.717, 1.165) is 23.5 Å². The Morgan fingerprint density at radius 1 is 1.20 bits per heavy atom. The zero-order chi connectivity index (χ0) is 17.2. The molecule has 0 radical (unpaired) electrons. The van der Waals surface area contributed by atoms with Crippen molar-refractivity contribution in [1.29, 1.82) is 0 Å². The summed E-state index contributed by atoms with van der Waals surface area (Å²) in [6.45, 7) is 2.09. The second-order valence-corrected chi connectivity index (χ2v) is 7.01. The zero-order valence-corrected chi connectivity index (χ0v) is 14.7. The van der Waals surface area contributed by atoms with Gasteiger partial charge in [0.15, 0.2) is 5.82 Å². The van der Waals surface area contributed by atoms with Crippen LogP contribution in [0, 0.1) is 0 Å². The number of benzene rings is 2. The van der Waals surface area contributed by atoms with Gasteiger partial charge in [0.2, 0.25) is 11.1 Å². The third-order valence-electron chi connectivity index (χ3n) is 4.31. The van der Waals surface area contributed by atoms with Gasteiger partial charge >= 0.3 is 0 Å². The maximum atomic E-state index is 12.7. The molecule has 2 heterocycles. The average Bonchev–Trinajstić information content (AvgIpc) is 3.24. The number of rotatable bonds is 4. The molecule has 25 heavy (non-hydrogen) atoms. The van der Waals surface area contributed by atoms with E-state index < -0.39 is 0 Å². The maximum absolute atomic E-state index is 12.7. The fourth-order valence-electron chi connectivity index (χ4n) is 3.18. The van der Waals surface area contributed by atoms with Crippen molar-refractivity contribution in [3.8, 4) is 11.4 Å². The molecule has 1 aromatic heterocycles. The van der Waals surface area contributed by atoms with E-state index in [1.807, 2.05) is 53.4 Å². The second kappa shape index (κ2) is 6.72. The molecule has 126 valence electrons. The summed E-state index contributed by atoms with van der Waals surface area (Å²) in [5, 5.41) is 7.73. The second-order valence-electron chi connectivity index (χ2n) is 6.07. The van der Waals surface area contributed by atoms with Gasteiger partial charge in [0.25, 0.3) is 0 Å². The van der Waals surface area contributed by atoms with Crippen molar-refractivity contribution in [2.75, 3.05) is 10.7 Å². The van der Waals surface area contributed by atoms with Gasteiger partial charge in [-0.3, -0.25) is 9.89 Å². The Morgan fingerprint density at radius 3 is 2.80 bits per heavy atom. The van der Waals surface area contributed by atoms with Crippen LogP contribution in [0.2, 0.25) is 0 Å². The minimum atomic E-state index is 0.0912. The van der Waals surface area contributed by atoms with E-state index in [9.17, 15) is 4.79 Å². The lowest BCUT2D eigenvalue weighted by atomic mass is 10.1. The number of fused-ring (bicyclic) bond motifs is 1. The summed E-state index contributed by atoms with van der Waals surface area (Å²) in [5.41, 5.74) is 3.24. The smallest absolute Gasteiger partial charge is 0.237 e. The van der Waals surface area contributed by atoms with E-state index in [1.165, 1.54) is 17.3 Å². The molecule has 0 spiro atoms. The minimum absolute atomic E-state index is 0.0912. The van der Waals surface area contributed by atoms with E-state index in [1.54, 1.807) is 0 Å². The van der Waals surface area contributed by atoms with Crippen LogP contribution in [-0.4, -0.2) is 32.9 Å². The lowest BCUT2D eigenvalue weighted by Crippen LogP contribution is -2.36. The molecule has 5 nitrogen and oxygen atoms in total. The Bertz CT molecular complexity index is 893. The summed E-state index contributed by atoms with van der Waals surface area (Å²) in [7, 11) is 0. The first-order chi connectivity index (χ1) is 12.2. The Balaban J connectivity index is 1.44. The number of carbonyl (C=O) groups excluding carboxylic acids is 1. The normalized spacial score (nSPS) is 16.0. The van der Waals surface area contributed by atoms with Crippen molar-refractivity contribution in [3.05, 3.63) is 60.2 Å². The highest BCUT2D eigenvalue weighted by molar-refractivity contribution is 7.99. The van der Waals surface area contributed by atoms with Crippen LogP contribution in [0.1, 0.15) is 12.5 Å². The molecule has 1 atom stereocenters. The fourth-order valence-corrected chi connectivity index (χ4v) is 3.84. The Kier molecular flexibility index (Phi) is 4.28. The standard InChI is InChI=1S/C19H18N4OS/c1-13-11-15-9-5-6-10-16(15)23(13)17(24)12-25-19-20-18(21-22-19)14-7-3-2-4-8-14/h2-10,13H,11-12H2,1H3,(H,20,21,22). The number of thioether (sulfide) groups is 1. The van der Waals surface area contributed by atoms with Crippen molar-refractivity contribution >= 4 is 23.4 Å². The van der Waals surface area contributed by atoms with Crippen LogP contribution in [-0.2, 0) is 11.2 Å². The van der Waals surface area contributed by atoms with E-state index in [4.69, 9.17) is 0 Å². The molecule has 1 aliphatic rings. The number of nitrogens with one attached hydrogen (secondary N) is 1. The molecular weight excluding hydrogens is 332 g/mol. The SMILES string of the molecule is CC1Cc2ccccc2N1C(=O)CSc1n[nH]c(-c2ccccc2)n1. The van der Waals surface area contributed by atoms with Gasteiger partial charge in [-0.1, -0.05) is 60.3 Å². The third kappa shape index (κ3) is 3.17. The Morgan fingerprint density at radius 2 is 1.96 bits per heavy atom. The molecule has 0 saturated carbocycles. The maximum Gasteiger partial charge on any atom is 0.237 e. The summed E-state index contributed by atoms with van der Waals surface area (Å²) >= 11 is 1.36. The van der Waals surface area contributed by atoms with Crippen LogP contribution < -0.4 is 4.90 Å². The van der Waals surface area contributed by atoms with Gasteiger partial charge in [0.1, 0.15) is 0 Å². The molecule has 6 heteroatoms. The number of amides is 1. The Labute approximate surface area is 150 Å². The van der Waals surface area contributed by atoms with Gasteiger partial charge in [0.05, 0.1) is 5.75 Å². The molecule has 1 unspecified atom stereocenters. The van der Waals surface area contributed by atoms with Crippen LogP contribution in [0.5, 0.6) is 0 Å². The molecule has 1 aliphatic heterocycles. The summed E-state index contributed by atoms with van der Waals surface area (Å²) in [6.07, 6.45) is 0.908. The van der Waals surface area contributed by atoms with Gasteiger partial charge in [-0.15, -0.1) is 5.10 Å². The zero-order valence-electron chi connectivity index (χ0n) is 13.8. The third-order valence-corrected chi connectivity index (χ3v) is 5.14. The first-order valence-corrected chi connectivity index (χ1v) is 9.21. The number of H-pyrrole nitrogens is 1. The van der Waals surface area contributed by atoms with Crippen LogP contribution in [0.15, 0.2) is 59.8 Å². The molecule has 0 fully saturated rings. The number of carbonyl (C=O) groups is 1. The fraction of sp³-hybridized carbons (Fsp3) is 0.211. The number of nitrogens with zero attached hydrogens (tertiary/aromatic N) is 3. The van der Waals surface area contributed by atoms with E-state index in [0.29, 0.717) is 10.9 Å². The molecule has 0 aliphatic carbocycles. The monoisotopic (exact) mass is 350 g/mol. The van der Waals surface area contributed by atoms with Gasteiger partial charge in [-0.25, -0.2) is 4.98 Å². The molecular formula is C19H18N4OS. The van der Waals surface area contributed by atoms with E-state index in [2.05, 4.69) is 28.2 Å². The van der Waals surface area contributed by atoms with Gasteiger partial charge in [0, 0.05) is 17.3 Å². The summed E-state index contributed by atoms with van der Waals surface area (Å²) in [4.78, 5) is 19.1. The molecule has 0 bridgehead atoms. The van der Waals surface area contributed by atoms with Crippen LogP contribution in [0.25, 0.3) is 11.4 Å². The number of hydrogen-bond acceptors (Lipinski definition) is 4. The van der Waals surface area contributed by atoms with Crippen LogP contribution in [0.4, 0.5) is 5.69 Å². The molecule has 4 rings (SSSR count). The molecule has 1 N–H and O–H groups in total. The number of aromatic amines is 1. The van der Waals surface area contributed by atoms with Gasteiger partial charge in [-0.05, 0) is 25.0 Å². The summed E-state index contributed by atoms with van der Waals surface area (Å²) < 4.78 is 0. The Hall–Kier alpha value is -2.60. The summed E-state index contributed by atoms with van der Waals surface area (Å²) in [6, 6.07) is 18.1. The quantitative estimate of drug-likeness (QED) is 0.731. The average molecular weight is 350 g/mol. The van der Waals surface area contributed by atoms with Crippen molar-refractivity contribution in [1.82, 2.24) is 15.2 Å². The van der Waals surface area contributed by atoms with Crippen LogP contribution in [0.3, 0.4) is 0 Å². The highest BCUT2D eigenvalue weighted by Crippen LogP contribution is 2.32. The highest BCUT2D eigenvalue weighted by atomic mass is 32.2. The predicted molar refractivity (Wildman–Crippen MR) is 99.6 cm³/mol. The van der Waals surface area contributed by atoms with Crippen molar-refractivity contribution in [2.45, 2.75) is 24.5 Å². The largest absolute Gasteiger partial charge is 0.308 e. The molecule has 3 aromatic rings. The lowest BCUT2D eigenvalue weighted by molar-refractivity contribution is -0.116. The van der Waals surface area contributed by atoms with Crippen LogP contribution >= 0.6 is 11.8 Å². The first kappa shape index (κ1) is 15.9. The number of aromatic nitrogens is 3. The van der Waals surface area contributed by atoms with Gasteiger partial charge < -0.3 is 4.90 Å². The van der Waals surface area contributed by atoms with Gasteiger partial charge in [-0.2, -0.15) is 0 Å². The lowest BCUT2D eigenvalue weighted by Gasteiger charge is -2.22. The van der Waals surface area contributed by atoms with Crippen molar-refractivity contribution in [3.63, 3.8) is 0 Å². The summed E-state index contributed by atoms with van der Waals surface area (Å²) in [5.74, 6) is 1.13. The topological polar surface area (TPSA) is 61.9 Å². The van der Waals surface area contributed by atoms with Crippen molar-refractivity contribution < 1.29 is 4.79 Å². The number of anilines is 1.